The van der Waals surface area contributed by atoms with Gasteiger partial charge < -0.3 is 10.2 Å². The molecular weight excluding hydrogens is 444 g/mol. The lowest BCUT2D eigenvalue weighted by Gasteiger charge is -2.05. The molecule has 0 fully saturated rings. The highest BCUT2D eigenvalue weighted by Gasteiger charge is 2.20. The molecule has 5 aromatic rings. The molecular formula is C20H12F4N8O. The van der Waals surface area contributed by atoms with Gasteiger partial charge in [0.25, 0.3) is 5.89 Å². The third kappa shape index (κ3) is 3.95. The Labute approximate surface area is 181 Å². The second-order valence-electron chi connectivity index (χ2n) is 6.98. The molecule has 0 radical (unpaired) electrons. The van der Waals surface area contributed by atoms with Crippen LogP contribution in [0.1, 0.15) is 17.9 Å². The molecule has 0 saturated carbocycles. The molecule has 2 aromatic carbocycles. The lowest BCUT2D eigenvalue weighted by molar-refractivity contribution is 0.116. The molecule has 33 heavy (non-hydrogen) atoms. The van der Waals surface area contributed by atoms with E-state index in [4.69, 9.17) is 10.2 Å². The Morgan fingerprint density at radius 1 is 0.970 bits per heavy atom. The van der Waals surface area contributed by atoms with E-state index in [0.717, 1.165) is 27.8 Å². The zero-order valence-electron chi connectivity index (χ0n) is 16.5. The van der Waals surface area contributed by atoms with Crippen LogP contribution in [0.4, 0.5) is 23.2 Å². The molecule has 13 heteroatoms. The predicted molar refractivity (Wildman–Crippen MR) is 107 cm³/mol. The SMILES string of the molecule is Nc1cnc2ccc(-c3nnn(Cc4c(F)cc(-c5nnc(C(F)F)o5)cc4F)n3)cc2c1. The van der Waals surface area contributed by atoms with Gasteiger partial charge >= 0.3 is 6.43 Å². The summed E-state index contributed by atoms with van der Waals surface area (Å²) in [6, 6.07) is 8.82. The topological polar surface area (TPSA) is 121 Å². The fourth-order valence-electron chi connectivity index (χ4n) is 3.17. The number of nitrogens with zero attached hydrogens (tertiary/aromatic N) is 7. The highest BCUT2D eigenvalue weighted by atomic mass is 19.3. The van der Waals surface area contributed by atoms with E-state index in [1.165, 1.54) is 0 Å². The number of hydrogen-bond acceptors (Lipinski definition) is 8. The Bertz CT molecular complexity index is 1460. The maximum Gasteiger partial charge on any atom is 0.314 e. The van der Waals surface area contributed by atoms with Gasteiger partial charge in [0.15, 0.2) is 0 Å². The van der Waals surface area contributed by atoms with Crippen LogP contribution in [0.2, 0.25) is 0 Å². The molecule has 0 aliphatic heterocycles. The van der Waals surface area contributed by atoms with Crippen LogP contribution in [0.25, 0.3) is 33.7 Å². The third-order valence-corrected chi connectivity index (χ3v) is 4.73. The zero-order valence-corrected chi connectivity index (χ0v) is 16.5. The minimum absolute atomic E-state index is 0.176. The largest absolute Gasteiger partial charge is 0.415 e. The maximum atomic E-state index is 14.6. The van der Waals surface area contributed by atoms with Gasteiger partial charge in [0, 0.05) is 22.1 Å². The lowest BCUT2D eigenvalue weighted by Crippen LogP contribution is -2.08. The molecule has 0 bridgehead atoms. The van der Waals surface area contributed by atoms with Crippen LogP contribution in [-0.2, 0) is 6.54 Å². The molecule has 0 amide bonds. The zero-order chi connectivity index (χ0) is 23.1. The first-order valence-corrected chi connectivity index (χ1v) is 9.40. The molecule has 0 saturated heterocycles. The van der Waals surface area contributed by atoms with Crippen LogP contribution in [0.5, 0.6) is 0 Å². The van der Waals surface area contributed by atoms with E-state index in [1.807, 2.05) is 0 Å². The van der Waals surface area contributed by atoms with Gasteiger partial charge in [-0.15, -0.1) is 20.4 Å². The quantitative estimate of drug-likeness (QED) is 0.397. The number of benzene rings is 2. The van der Waals surface area contributed by atoms with Crippen molar-refractivity contribution >= 4 is 16.6 Å². The van der Waals surface area contributed by atoms with Gasteiger partial charge in [-0.2, -0.15) is 13.6 Å². The van der Waals surface area contributed by atoms with Gasteiger partial charge in [-0.25, -0.2) is 8.78 Å². The number of hydrogen-bond donors (Lipinski definition) is 1. The average Bonchev–Trinajstić information content (AvgIpc) is 3.46. The van der Waals surface area contributed by atoms with Gasteiger partial charge in [0.05, 0.1) is 23.9 Å². The van der Waals surface area contributed by atoms with Crippen molar-refractivity contribution in [2.75, 3.05) is 5.73 Å². The van der Waals surface area contributed by atoms with Gasteiger partial charge in [-0.05, 0) is 41.6 Å². The van der Waals surface area contributed by atoms with Gasteiger partial charge in [-0.1, -0.05) is 0 Å². The number of fused-ring (bicyclic) bond motifs is 1. The number of halogens is 4. The number of rotatable bonds is 5. The Hall–Kier alpha value is -4.42. The molecule has 0 atom stereocenters. The summed E-state index contributed by atoms with van der Waals surface area (Å²) in [5.41, 5.74) is 7.07. The summed E-state index contributed by atoms with van der Waals surface area (Å²) in [5.74, 6) is -3.06. The van der Waals surface area contributed by atoms with Crippen LogP contribution >= 0.6 is 0 Å². The molecule has 3 heterocycles. The summed E-state index contributed by atoms with van der Waals surface area (Å²) < 4.78 is 59.1. The van der Waals surface area contributed by atoms with Crippen LogP contribution < -0.4 is 5.73 Å². The van der Waals surface area contributed by atoms with Crippen LogP contribution in [0.3, 0.4) is 0 Å². The fourth-order valence-corrected chi connectivity index (χ4v) is 3.17. The minimum atomic E-state index is -3.00. The summed E-state index contributed by atoms with van der Waals surface area (Å²) >= 11 is 0. The lowest BCUT2D eigenvalue weighted by atomic mass is 10.1. The van der Waals surface area contributed by atoms with Crippen LogP contribution in [0.15, 0.2) is 47.0 Å². The van der Waals surface area contributed by atoms with Crippen molar-refractivity contribution in [3.63, 3.8) is 0 Å². The number of anilines is 1. The number of aromatic nitrogens is 7. The van der Waals surface area contributed by atoms with E-state index in [-0.39, 0.29) is 23.5 Å². The van der Waals surface area contributed by atoms with Crippen molar-refractivity contribution < 1.29 is 22.0 Å². The molecule has 0 spiro atoms. The average molecular weight is 456 g/mol. The monoisotopic (exact) mass is 456 g/mol. The summed E-state index contributed by atoms with van der Waals surface area (Å²) in [6.07, 6.45) is -1.45. The first-order chi connectivity index (χ1) is 15.9. The molecule has 0 aliphatic rings. The maximum absolute atomic E-state index is 14.6. The number of alkyl halides is 2. The number of tetrazole rings is 1. The fraction of sp³-hybridized carbons (Fsp3) is 0.100. The molecule has 5 rings (SSSR count). The van der Waals surface area contributed by atoms with Crippen molar-refractivity contribution in [2.24, 2.45) is 0 Å². The Morgan fingerprint density at radius 2 is 1.76 bits per heavy atom. The predicted octanol–water partition coefficient (Wildman–Crippen LogP) is 3.78. The van der Waals surface area contributed by atoms with E-state index in [9.17, 15) is 17.6 Å². The van der Waals surface area contributed by atoms with E-state index < -0.39 is 29.8 Å². The van der Waals surface area contributed by atoms with Crippen LogP contribution in [-0.4, -0.2) is 35.4 Å². The molecule has 166 valence electrons. The second-order valence-corrected chi connectivity index (χ2v) is 6.98. The molecule has 0 aliphatic carbocycles. The van der Waals surface area contributed by atoms with Crippen molar-refractivity contribution in [2.45, 2.75) is 13.0 Å². The second kappa shape index (κ2) is 7.93. The summed E-state index contributed by atoms with van der Waals surface area (Å²) in [5, 5.41) is 19.3. The van der Waals surface area contributed by atoms with Crippen LogP contribution in [0, 0.1) is 11.6 Å². The van der Waals surface area contributed by atoms with E-state index in [2.05, 4.69) is 30.6 Å². The Balaban J connectivity index is 1.41. The number of pyridine rings is 1. The molecule has 9 nitrogen and oxygen atoms in total. The standard InChI is InChI=1S/C20H12F4N8O/c21-14-5-11(19-28-29-20(33-19)17(23)24)6-15(22)13(14)8-32-30-18(27-31-32)9-1-2-16-10(3-9)4-12(25)7-26-16/h1-7,17H,8,25H2. The van der Waals surface area contributed by atoms with Crippen molar-refractivity contribution in [3.05, 3.63) is 65.7 Å². The Kier molecular flexibility index (Phi) is 4.92. The highest BCUT2D eigenvalue weighted by molar-refractivity contribution is 5.85. The molecule has 3 aromatic heterocycles. The van der Waals surface area contributed by atoms with Crippen molar-refractivity contribution in [1.29, 1.82) is 0 Å². The van der Waals surface area contributed by atoms with Gasteiger partial charge in [-0.3, -0.25) is 4.98 Å². The van der Waals surface area contributed by atoms with E-state index in [0.29, 0.717) is 11.3 Å². The summed E-state index contributed by atoms with van der Waals surface area (Å²) in [6.45, 7) is -0.362. The third-order valence-electron chi connectivity index (χ3n) is 4.73. The first-order valence-electron chi connectivity index (χ1n) is 9.40. The smallest absolute Gasteiger partial charge is 0.314 e. The minimum Gasteiger partial charge on any atom is -0.415 e. The van der Waals surface area contributed by atoms with Crippen molar-refractivity contribution in [3.8, 4) is 22.8 Å². The normalized spacial score (nSPS) is 11.5. The molecule has 2 N–H and O–H groups in total. The van der Waals surface area contributed by atoms with E-state index >= 15 is 0 Å². The number of nitrogens with two attached hydrogens (primary N) is 1. The summed E-state index contributed by atoms with van der Waals surface area (Å²) in [4.78, 5) is 5.24. The van der Waals surface area contributed by atoms with Gasteiger partial charge in [0.2, 0.25) is 11.7 Å². The molecule has 0 unspecified atom stereocenters. The summed E-state index contributed by atoms with van der Waals surface area (Å²) in [7, 11) is 0. The number of nitrogen functional groups attached to an aromatic ring is 1. The highest BCUT2D eigenvalue weighted by Crippen LogP contribution is 2.27. The first kappa shape index (κ1) is 20.5. The van der Waals surface area contributed by atoms with Crippen molar-refractivity contribution in [1.82, 2.24) is 35.4 Å². The Morgan fingerprint density at radius 3 is 2.48 bits per heavy atom. The van der Waals surface area contributed by atoms with E-state index in [1.54, 1.807) is 30.5 Å². The van der Waals surface area contributed by atoms with Gasteiger partial charge in [0.1, 0.15) is 11.6 Å².